The van der Waals surface area contributed by atoms with Crippen LogP contribution < -0.4 is 5.32 Å². The molecule has 1 saturated heterocycles. The predicted octanol–water partition coefficient (Wildman–Crippen LogP) is 0.747. The number of hydrogen-bond donors (Lipinski definition) is 1. The minimum Gasteiger partial charge on any atom is -0.360 e. The van der Waals surface area contributed by atoms with Gasteiger partial charge in [-0.1, -0.05) is 11.7 Å². The summed E-state index contributed by atoms with van der Waals surface area (Å²) in [7, 11) is -3.59. The lowest BCUT2D eigenvalue weighted by Gasteiger charge is -2.31. The lowest BCUT2D eigenvalue weighted by Crippen LogP contribution is -2.46. The molecular weight excluding hydrogens is 294 g/mol. The fourth-order valence-electron chi connectivity index (χ4n) is 2.47. The molecule has 1 aromatic rings. The highest BCUT2D eigenvalue weighted by molar-refractivity contribution is 7.89. The maximum Gasteiger partial charge on any atom is 0.248 e. The number of carbonyl (C=O) groups excluding carboxylic acids is 1. The zero-order valence-electron chi connectivity index (χ0n) is 12.1. The van der Waals surface area contributed by atoms with Crippen molar-refractivity contribution in [2.45, 2.75) is 37.6 Å². The Morgan fingerprint density at radius 3 is 2.52 bits per heavy atom. The van der Waals surface area contributed by atoms with Crippen molar-refractivity contribution in [2.75, 3.05) is 13.1 Å². The summed E-state index contributed by atoms with van der Waals surface area (Å²) in [6, 6.07) is -0.0216. The van der Waals surface area contributed by atoms with Gasteiger partial charge in [0.15, 0.2) is 5.76 Å². The molecule has 1 aliphatic rings. The first kappa shape index (κ1) is 15.7. The molecule has 2 heterocycles. The van der Waals surface area contributed by atoms with E-state index < -0.39 is 10.0 Å². The summed E-state index contributed by atoms with van der Waals surface area (Å²) in [4.78, 5) is 11.4. The molecule has 0 unspecified atom stereocenters. The van der Waals surface area contributed by atoms with E-state index in [9.17, 15) is 13.2 Å². The standard InChI is InChI=1S/C13H19N3O4S/c1-4-12(17)14-11-5-7-16(8-6-11)21(18,19)13-9(2)15-20-10(13)3/h4,11H,1,5-8H2,2-3H3,(H,14,17). The van der Waals surface area contributed by atoms with Crippen molar-refractivity contribution in [3.63, 3.8) is 0 Å². The van der Waals surface area contributed by atoms with Crippen LogP contribution in [0.2, 0.25) is 0 Å². The first-order valence-electron chi connectivity index (χ1n) is 6.72. The summed E-state index contributed by atoms with van der Waals surface area (Å²) >= 11 is 0. The molecule has 116 valence electrons. The number of aryl methyl sites for hydroxylation is 2. The fraction of sp³-hybridized carbons (Fsp3) is 0.538. The van der Waals surface area contributed by atoms with Crippen molar-refractivity contribution in [3.05, 3.63) is 24.1 Å². The number of carbonyl (C=O) groups is 1. The molecule has 0 aliphatic carbocycles. The fourth-order valence-corrected chi connectivity index (χ4v) is 4.23. The van der Waals surface area contributed by atoms with Crippen LogP contribution in [0, 0.1) is 13.8 Å². The third-order valence-corrected chi connectivity index (χ3v) is 5.70. The molecule has 0 saturated carbocycles. The van der Waals surface area contributed by atoms with Gasteiger partial charge in [0, 0.05) is 19.1 Å². The Morgan fingerprint density at radius 2 is 2.05 bits per heavy atom. The Labute approximate surface area is 124 Å². The Bertz CT molecular complexity index is 623. The van der Waals surface area contributed by atoms with Crippen LogP contribution in [0.3, 0.4) is 0 Å². The van der Waals surface area contributed by atoms with Crippen molar-refractivity contribution in [1.82, 2.24) is 14.8 Å². The molecule has 7 nitrogen and oxygen atoms in total. The van der Waals surface area contributed by atoms with Crippen molar-refractivity contribution < 1.29 is 17.7 Å². The Kier molecular flexibility index (Phi) is 4.48. The molecule has 1 fully saturated rings. The van der Waals surface area contributed by atoms with Gasteiger partial charge in [0.05, 0.1) is 0 Å². The van der Waals surface area contributed by atoms with Gasteiger partial charge in [0.2, 0.25) is 15.9 Å². The summed E-state index contributed by atoms with van der Waals surface area (Å²) in [5, 5.41) is 6.48. The van der Waals surface area contributed by atoms with E-state index in [0.29, 0.717) is 37.4 Å². The maximum absolute atomic E-state index is 12.6. The quantitative estimate of drug-likeness (QED) is 0.828. The van der Waals surface area contributed by atoms with Gasteiger partial charge in [-0.05, 0) is 32.8 Å². The van der Waals surface area contributed by atoms with Crippen molar-refractivity contribution in [3.8, 4) is 0 Å². The molecule has 0 aromatic carbocycles. The number of amides is 1. The monoisotopic (exact) mass is 313 g/mol. The van der Waals surface area contributed by atoms with Gasteiger partial charge in [-0.2, -0.15) is 4.31 Å². The van der Waals surface area contributed by atoms with Crippen LogP contribution in [-0.2, 0) is 14.8 Å². The van der Waals surface area contributed by atoms with Crippen molar-refractivity contribution >= 4 is 15.9 Å². The zero-order valence-corrected chi connectivity index (χ0v) is 12.9. The zero-order chi connectivity index (χ0) is 15.6. The SMILES string of the molecule is C=CC(=O)NC1CCN(S(=O)(=O)c2c(C)noc2C)CC1. The van der Waals surface area contributed by atoms with Crippen molar-refractivity contribution in [2.24, 2.45) is 0 Å². The third-order valence-electron chi connectivity index (χ3n) is 3.55. The molecule has 0 spiro atoms. The minimum atomic E-state index is -3.59. The van der Waals surface area contributed by atoms with Gasteiger partial charge in [-0.3, -0.25) is 4.79 Å². The third kappa shape index (κ3) is 3.16. The predicted molar refractivity (Wildman–Crippen MR) is 76.1 cm³/mol. The lowest BCUT2D eigenvalue weighted by atomic mass is 10.1. The van der Waals surface area contributed by atoms with Crippen LogP contribution in [0.4, 0.5) is 0 Å². The summed E-state index contributed by atoms with van der Waals surface area (Å²) in [5.74, 6) is 0.0663. The number of piperidine rings is 1. The molecule has 0 bridgehead atoms. The summed E-state index contributed by atoms with van der Waals surface area (Å²) in [6.45, 7) is 7.31. The highest BCUT2D eigenvalue weighted by Crippen LogP contribution is 2.25. The normalized spacial score (nSPS) is 17.6. The van der Waals surface area contributed by atoms with Crippen LogP contribution >= 0.6 is 0 Å². The molecule has 1 amide bonds. The van der Waals surface area contributed by atoms with Crippen LogP contribution in [0.15, 0.2) is 22.1 Å². The van der Waals surface area contributed by atoms with Gasteiger partial charge in [-0.15, -0.1) is 0 Å². The molecule has 1 aromatic heterocycles. The molecule has 21 heavy (non-hydrogen) atoms. The average molecular weight is 313 g/mol. The molecule has 2 rings (SSSR count). The van der Waals surface area contributed by atoms with Gasteiger partial charge in [-0.25, -0.2) is 8.42 Å². The number of nitrogens with zero attached hydrogens (tertiary/aromatic N) is 2. The van der Waals surface area contributed by atoms with Crippen LogP contribution in [-0.4, -0.2) is 42.9 Å². The van der Waals surface area contributed by atoms with E-state index in [-0.39, 0.29) is 16.8 Å². The number of rotatable bonds is 4. The minimum absolute atomic E-state index is 0.0216. The number of nitrogens with one attached hydrogen (secondary N) is 1. The number of aromatic nitrogens is 1. The van der Waals surface area contributed by atoms with Gasteiger partial charge >= 0.3 is 0 Å². The van der Waals surface area contributed by atoms with Crippen LogP contribution in [0.1, 0.15) is 24.3 Å². The molecule has 0 radical (unpaired) electrons. The molecule has 0 atom stereocenters. The van der Waals surface area contributed by atoms with E-state index in [1.165, 1.54) is 10.4 Å². The Morgan fingerprint density at radius 1 is 1.43 bits per heavy atom. The summed E-state index contributed by atoms with van der Waals surface area (Å²) in [6.07, 6.45) is 2.36. The van der Waals surface area contributed by atoms with E-state index in [0.717, 1.165) is 0 Å². The largest absolute Gasteiger partial charge is 0.360 e. The van der Waals surface area contributed by atoms with Gasteiger partial charge < -0.3 is 9.84 Å². The maximum atomic E-state index is 12.6. The number of sulfonamides is 1. The topological polar surface area (TPSA) is 92.5 Å². The van der Waals surface area contributed by atoms with Crippen LogP contribution in [0.5, 0.6) is 0 Å². The van der Waals surface area contributed by atoms with E-state index in [1.54, 1.807) is 13.8 Å². The highest BCUT2D eigenvalue weighted by Gasteiger charge is 2.33. The summed E-state index contributed by atoms with van der Waals surface area (Å²) < 4.78 is 31.5. The molecule has 1 aliphatic heterocycles. The molecule has 8 heteroatoms. The van der Waals surface area contributed by atoms with Crippen LogP contribution in [0.25, 0.3) is 0 Å². The first-order chi connectivity index (χ1) is 9.86. The summed E-state index contributed by atoms with van der Waals surface area (Å²) in [5.41, 5.74) is 0.370. The molecular formula is C13H19N3O4S. The first-order valence-corrected chi connectivity index (χ1v) is 8.16. The second-order valence-electron chi connectivity index (χ2n) is 5.04. The average Bonchev–Trinajstić information content (AvgIpc) is 2.79. The lowest BCUT2D eigenvalue weighted by molar-refractivity contribution is -0.117. The van der Waals surface area contributed by atoms with Gasteiger partial charge in [0.1, 0.15) is 10.6 Å². The van der Waals surface area contributed by atoms with Gasteiger partial charge in [0.25, 0.3) is 0 Å². The Balaban J connectivity index is 2.08. The second-order valence-corrected chi connectivity index (χ2v) is 6.92. The Hall–Kier alpha value is -1.67. The molecule has 1 N–H and O–H groups in total. The van der Waals surface area contributed by atoms with E-state index in [1.807, 2.05) is 0 Å². The van der Waals surface area contributed by atoms with E-state index in [2.05, 4.69) is 17.1 Å². The smallest absolute Gasteiger partial charge is 0.248 e. The van der Waals surface area contributed by atoms with Crippen molar-refractivity contribution in [1.29, 1.82) is 0 Å². The highest BCUT2D eigenvalue weighted by atomic mass is 32.2. The van der Waals surface area contributed by atoms with E-state index in [4.69, 9.17) is 4.52 Å². The number of hydrogen-bond acceptors (Lipinski definition) is 5. The second kappa shape index (κ2) is 5.98. The van der Waals surface area contributed by atoms with E-state index >= 15 is 0 Å².